The molecule has 0 aliphatic heterocycles. The van der Waals surface area contributed by atoms with Gasteiger partial charge < -0.3 is 20.1 Å². The molecule has 2 N–H and O–H groups in total. The van der Waals surface area contributed by atoms with E-state index in [0.717, 1.165) is 11.1 Å². The average molecular weight is 631 g/mol. The van der Waals surface area contributed by atoms with Gasteiger partial charge >= 0.3 is 0 Å². The Morgan fingerprint density at radius 1 is 0.500 bits per heavy atom. The molecular formula is C40H30N4O4. The Morgan fingerprint density at radius 3 is 1.35 bits per heavy atom. The minimum absolute atomic E-state index is 0.339. The van der Waals surface area contributed by atoms with E-state index in [4.69, 9.17) is 19.4 Å². The first-order chi connectivity index (χ1) is 23.5. The Hall–Kier alpha value is -6.54. The Kier molecular flexibility index (Phi) is 8.20. The highest BCUT2D eigenvalue weighted by molar-refractivity contribution is 6.17. The summed E-state index contributed by atoms with van der Waals surface area (Å²) < 4.78 is 10.8. The van der Waals surface area contributed by atoms with Crippen molar-refractivity contribution in [1.82, 2.24) is 9.97 Å². The third kappa shape index (κ3) is 6.02. The lowest BCUT2D eigenvalue weighted by atomic mass is 10.0. The average Bonchev–Trinajstić information content (AvgIpc) is 3.14. The van der Waals surface area contributed by atoms with Crippen molar-refractivity contribution in [2.24, 2.45) is 0 Å². The fourth-order valence-electron chi connectivity index (χ4n) is 5.67. The van der Waals surface area contributed by atoms with E-state index in [9.17, 15) is 9.59 Å². The predicted octanol–water partition coefficient (Wildman–Crippen LogP) is 8.64. The number of hydrogen-bond donors (Lipinski definition) is 2. The van der Waals surface area contributed by atoms with Gasteiger partial charge in [0.1, 0.15) is 11.5 Å². The third-order valence-electron chi connectivity index (χ3n) is 8.08. The van der Waals surface area contributed by atoms with E-state index in [1.54, 1.807) is 50.6 Å². The van der Waals surface area contributed by atoms with Gasteiger partial charge in [-0.1, -0.05) is 72.8 Å². The van der Waals surface area contributed by atoms with Crippen molar-refractivity contribution in [3.8, 4) is 34.0 Å². The van der Waals surface area contributed by atoms with Gasteiger partial charge in [0, 0.05) is 21.9 Å². The number of anilines is 2. The monoisotopic (exact) mass is 630 g/mol. The van der Waals surface area contributed by atoms with Crippen LogP contribution in [0.4, 0.5) is 11.4 Å². The number of fused-ring (bicyclic) bond motifs is 2. The van der Waals surface area contributed by atoms with Crippen molar-refractivity contribution in [3.05, 3.63) is 145 Å². The number of rotatable bonds is 8. The quantitative estimate of drug-likeness (QED) is 0.174. The molecule has 0 unspecified atom stereocenters. The zero-order valence-corrected chi connectivity index (χ0v) is 26.2. The zero-order valence-electron chi connectivity index (χ0n) is 26.2. The number of methoxy groups -OCH3 is 2. The van der Waals surface area contributed by atoms with Gasteiger partial charge in [-0.15, -0.1) is 0 Å². The molecule has 2 heterocycles. The van der Waals surface area contributed by atoms with Gasteiger partial charge in [0.15, 0.2) is 0 Å². The first kappa shape index (κ1) is 30.1. The standard InChI is InChI=1S/C40H30N4O4/c1-47-27-13-9-11-25(21-27)37-23-31(29-15-3-5-17-33(29)41-37)39(45)43-35-19-7-8-20-36(35)44-40(46)32-24-38(26-12-10-14-28(22-26)48-2)42-34-18-6-4-16-30(32)34/h3-24H,1-2H3,(H,43,45)(H,44,46). The first-order valence-corrected chi connectivity index (χ1v) is 15.3. The van der Waals surface area contributed by atoms with Crippen LogP contribution in [0.2, 0.25) is 0 Å². The maximum absolute atomic E-state index is 14.0. The van der Waals surface area contributed by atoms with Gasteiger partial charge in [-0.25, -0.2) is 9.97 Å². The van der Waals surface area contributed by atoms with Crippen LogP contribution in [0.3, 0.4) is 0 Å². The van der Waals surface area contributed by atoms with Crippen LogP contribution in [0, 0.1) is 0 Å². The highest BCUT2D eigenvalue weighted by Gasteiger charge is 2.19. The number of aromatic nitrogens is 2. The summed E-state index contributed by atoms with van der Waals surface area (Å²) in [7, 11) is 3.22. The molecule has 8 heteroatoms. The smallest absolute Gasteiger partial charge is 0.256 e. The Morgan fingerprint density at radius 2 is 0.917 bits per heavy atom. The molecule has 234 valence electrons. The number of para-hydroxylation sites is 4. The maximum Gasteiger partial charge on any atom is 0.256 e. The number of hydrogen-bond acceptors (Lipinski definition) is 6. The van der Waals surface area contributed by atoms with Gasteiger partial charge in [0.2, 0.25) is 0 Å². The molecule has 7 rings (SSSR count). The summed E-state index contributed by atoms with van der Waals surface area (Å²) in [4.78, 5) is 37.6. The largest absolute Gasteiger partial charge is 0.497 e. The molecule has 0 aliphatic rings. The van der Waals surface area contributed by atoms with E-state index >= 15 is 0 Å². The Labute approximate surface area is 277 Å². The van der Waals surface area contributed by atoms with Crippen LogP contribution < -0.4 is 20.1 Å². The lowest BCUT2D eigenvalue weighted by molar-refractivity contribution is 0.101. The summed E-state index contributed by atoms with van der Waals surface area (Å²) in [5, 5.41) is 7.47. The molecule has 7 aromatic rings. The normalized spacial score (nSPS) is 10.9. The fraction of sp³-hybridized carbons (Fsp3) is 0.0500. The number of carbonyl (C=O) groups is 2. The van der Waals surface area contributed by atoms with Crippen LogP contribution >= 0.6 is 0 Å². The van der Waals surface area contributed by atoms with Gasteiger partial charge in [-0.05, 0) is 60.7 Å². The molecule has 2 aromatic heterocycles. The first-order valence-electron chi connectivity index (χ1n) is 15.3. The summed E-state index contributed by atoms with van der Waals surface area (Å²) in [6.07, 6.45) is 0. The topological polar surface area (TPSA) is 102 Å². The van der Waals surface area contributed by atoms with E-state index in [-0.39, 0.29) is 11.8 Å². The fourth-order valence-corrected chi connectivity index (χ4v) is 5.67. The summed E-state index contributed by atoms with van der Waals surface area (Å²) in [5.41, 5.74) is 6.06. The summed E-state index contributed by atoms with van der Waals surface area (Å²) in [5.74, 6) is 0.703. The number of pyridine rings is 2. The van der Waals surface area contributed by atoms with Crippen molar-refractivity contribution in [2.75, 3.05) is 24.9 Å². The molecule has 0 atom stereocenters. The number of nitrogens with one attached hydrogen (secondary N) is 2. The van der Waals surface area contributed by atoms with E-state index in [2.05, 4.69) is 10.6 Å². The molecule has 0 bridgehead atoms. The van der Waals surface area contributed by atoms with Crippen molar-refractivity contribution in [2.45, 2.75) is 0 Å². The number of ether oxygens (including phenoxy) is 2. The van der Waals surface area contributed by atoms with Crippen LogP contribution in [0.1, 0.15) is 20.7 Å². The molecular weight excluding hydrogens is 600 g/mol. The van der Waals surface area contributed by atoms with Crippen LogP contribution in [0.15, 0.2) is 133 Å². The van der Waals surface area contributed by atoms with Crippen molar-refractivity contribution >= 4 is 45.0 Å². The lowest BCUT2D eigenvalue weighted by Crippen LogP contribution is -2.17. The molecule has 0 spiro atoms. The molecule has 48 heavy (non-hydrogen) atoms. The van der Waals surface area contributed by atoms with Crippen molar-refractivity contribution in [1.29, 1.82) is 0 Å². The van der Waals surface area contributed by atoms with E-state index in [1.165, 1.54) is 0 Å². The highest BCUT2D eigenvalue weighted by Crippen LogP contribution is 2.31. The zero-order chi connectivity index (χ0) is 33.0. The summed E-state index contributed by atoms with van der Waals surface area (Å²) in [6, 6.07) is 40.8. The Balaban J connectivity index is 1.22. The lowest BCUT2D eigenvalue weighted by Gasteiger charge is -2.15. The van der Waals surface area contributed by atoms with E-state index < -0.39 is 0 Å². The van der Waals surface area contributed by atoms with Gasteiger partial charge in [-0.3, -0.25) is 9.59 Å². The predicted molar refractivity (Wildman–Crippen MR) is 190 cm³/mol. The number of nitrogens with zero attached hydrogens (tertiary/aromatic N) is 2. The number of benzene rings is 5. The minimum atomic E-state index is -0.339. The van der Waals surface area contributed by atoms with E-state index in [1.807, 2.05) is 97.1 Å². The number of carbonyl (C=O) groups excluding carboxylic acids is 2. The third-order valence-corrected chi connectivity index (χ3v) is 8.08. The highest BCUT2D eigenvalue weighted by atomic mass is 16.5. The second kappa shape index (κ2) is 13.1. The van der Waals surface area contributed by atoms with E-state index in [0.29, 0.717) is 67.2 Å². The molecule has 0 radical (unpaired) electrons. The van der Waals surface area contributed by atoms with Crippen LogP contribution in [-0.4, -0.2) is 36.0 Å². The van der Waals surface area contributed by atoms with Gasteiger partial charge in [0.25, 0.3) is 11.8 Å². The molecule has 0 fully saturated rings. The molecule has 8 nitrogen and oxygen atoms in total. The van der Waals surface area contributed by atoms with Crippen LogP contribution in [0.5, 0.6) is 11.5 Å². The second-order valence-corrected chi connectivity index (χ2v) is 11.1. The number of amides is 2. The molecule has 2 amide bonds. The minimum Gasteiger partial charge on any atom is -0.497 e. The molecule has 0 saturated heterocycles. The second-order valence-electron chi connectivity index (χ2n) is 11.1. The van der Waals surface area contributed by atoms with Crippen molar-refractivity contribution < 1.29 is 19.1 Å². The van der Waals surface area contributed by atoms with Crippen LogP contribution in [-0.2, 0) is 0 Å². The molecule has 0 aliphatic carbocycles. The van der Waals surface area contributed by atoms with Crippen LogP contribution in [0.25, 0.3) is 44.3 Å². The molecule has 0 saturated carbocycles. The maximum atomic E-state index is 14.0. The van der Waals surface area contributed by atoms with Crippen molar-refractivity contribution in [3.63, 3.8) is 0 Å². The SMILES string of the molecule is COc1cccc(-c2cc(C(=O)Nc3ccccc3NC(=O)c3cc(-c4cccc(OC)c4)nc4ccccc34)c3ccccc3n2)c1. The summed E-state index contributed by atoms with van der Waals surface area (Å²) in [6.45, 7) is 0. The molecule has 5 aromatic carbocycles. The van der Waals surface area contributed by atoms with Gasteiger partial charge in [0.05, 0.1) is 59.1 Å². The Bertz CT molecular complexity index is 2170. The summed E-state index contributed by atoms with van der Waals surface area (Å²) >= 11 is 0. The van der Waals surface area contributed by atoms with Gasteiger partial charge in [-0.2, -0.15) is 0 Å².